The van der Waals surface area contributed by atoms with Crippen LogP contribution in [-0.4, -0.2) is 23.3 Å². The maximum absolute atomic E-state index is 6.23. The molecule has 0 bridgehead atoms. The number of aromatic nitrogens is 1. The molecule has 2 aromatic rings. The smallest absolute Gasteiger partial charge is 0.153 e. The molecule has 0 saturated carbocycles. The van der Waals surface area contributed by atoms with Gasteiger partial charge in [-0.15, -0.1) is 0 Å². The monoisotopic (exact) mass is 350 g/mol. The maximum Gasteiger partial charge on any atom is 0.153 e. The van der Waals surface area contributed by atoms with Crippen LogP contribution in [0.25, 0.3) is 10.9 Å². The number of halogens is 1. The molecule has 0 amide bonds. The minimum Gasteiger partial charge on any atom is -0.487 e. The van der Waals surface area contributed by atoms with Crippen LogP contribution in [-0.2, 0) is 4.74 Å². The second kappa shape index (κ2) is 5.81. The summed E-state index contributed by atoms with van der Waals surface area (Å²) in [5.74, 6) is 0.729. The molecule has 0 radical (unpaired) electrons. The quantitative estimate of drug-likeness (QED) is 0.891. The summed E-state index contributed by atoms with van der Waals surface area (Å²) < 4.78 is 13.0. The average Bonchev–Trinajstić information content (AvgIpc) is 2.41. The van der Waals surface area contributed by atoms with Crippen molar-refractivity contribution < 1.29 is 9.47 Å². The molecular weight excluding hydrogens is 332 g/mol. The van der Waals surface area contributed by atoms with Crippen molar-refractivity contribution >= 4 is 32.5 Å². The molecule has 112 valence electrons. The topological polar surface area (TPSA) is 57.4 Å². The van der Waals surface area contributed by atoms with Crippen molar-refractivity contribution in [3.8, 4) is 5.75 Å². The third-order valence-electron chi connectivity index (χ3n) is 3.75. The van der Waals surface area contributed by atoms with Crippen LogP contribution in [0.5, 0.6) is 5.75 Å². The van der Waals surface area contributed by atoms with Gasteiger partial charge in [0.25, 0.3) is 0 Å². The van der Waals surface area contributed by atoms with E-state index in [1.807, 2.05) is 18.2 Å². The Bertz CT molecular complexity index is 647. The fourth-order valence-electron chi connectivity index (χ4n) is 2.89. The summed E-state index contributed by atoms with van der Waals surface area (Å²) in [6, 6.07) is 5.93. The number of fused-ring (bicyclic) bond motifs is 1. The Morgan fingerprint density at radius 3 is 2.71 bits per heavy atom. The van der Waals surface area contributed by atoms with E-state index in [0.29, 0.717) is 5.69 Å². The molecule has 2 unspecified atom stereocenters. The third kappa shape index (κ3) is 3.14. The zero-order chi connectivity index (χ0) is 15.0. The van der Waals surface area contributed by atoms with Crippen LogP contribution < -0.4 is 10.5 Å². The molecule has 1 aromatic carbocycles. The van der Waals surface area contributed by atoms with E-state index in [0.717, 1.165) is 34.0 Å². The van der Waals surface area contributed by atoms with Crippen molar-refractivity contribution in [2.75, 3.05) is 5.73 Å². The Morgan fingerprint density at radius 2 is 2.00 bits per heavy atom. The highest BCUT2D eigenvalue weighted by atomic mass is 79.9. The molecule has 4 nitrogen and oxygen atoms in total. The first-order valence-electron chi connectivity index (χ1n) is 7.19. The molecule has 1 saturated heterocycles. The van der Waals surface area contributed by atoms with Crippen molar-refractivity contribution in [1.29, 1.82) is 0 Å². The van der Waals surface area contributed by atoms with Gasteiger partial charge in [-0.1, -0.05) is 15.9 Å². The highest BCUT2D eigenvalue weighted by Gasteiger charge is 2.26. The third-order valence-corrected chi connectivity index (χ3v) is 4.24. The molecule has 1 fully saturated rings. The molecule has 3 rings (SSSR count). The minimum atomic E-state index is 0.121. The zero-order valence-electron chi connectivity index (χ0n) is 12.2. The second-order valence-electron chi connectivity index (χ2n) is 5.67. The Labute approximate surface area is 132 Å². The Morgan fingerprint density at radius 1 is 1.29 bits per heavy atom. The van der Waals surface area contributed by atoms with Gasteiger partial charge in [-0.05, 0) is 32.0 Å². The lowest BCUT2D eigenvalue weighted by molar-refractivity contribution is -0.0717. The first-order chi connectivity index (χ1) is 10.0. The van der Waals surface area contributed by atoms with E-state index in [1.54, 1.807) is 6.20 Å². The predicted octanol–water partition coefficient (Wildman–Crippen LogP) is 3.91. The number of nitrogens with zero attached hydrogens (tertiary/aromatic N) is 1. The Hall–Kier alpha value is -1.33. The van der Waals surface area contributed by atoms with Crippen LogP contribution in [0.15, 0.2) is 28.9 Å². The number of pyridine rings is 1. The lowest BCUT2D eigenvalue weighted by Gasteiger charge is -2.32. The molecule has 2 heterocycles. The molecule has 5 heteroatoms. The van der Waals surface area contributed by atoms with Crippen LogP contribution in [0.2, 0.25) is 0 Å². The SMILES string of the molecule is CC1CC(Oc2c(N)cnc3ccc(Br)cc23)CC(C)O1. The number of nitrogens with two attached hydrogens (primary N) is 1. The van der Waals surface area contributed by atoms with Gasteiger partial charge in [-0.25, -0.2) is 0 Å². The normalized spacial score (nSPS) is 26.0. The highest BCUT2D eigenvalue weighted by Crippen LogP contribution is 2.35. The van der Waals surface area contributed by atoms with E-state index in [2.05, 4.69) is 34.8 Å². The number of hydrogen-bond donors (Lipinski definition) is 1. The number of rotatable bonds is 2. The molecule has 1 aromatic heterocycles. The number of nitrogen functional groups attached to an aromatic ring is 1. The van der Waals surface area contributed by atoms with Gasteiger partial charge < -0.3 is 15.2 Å². The van der Waals surface area contributed by atoms with Crippen molar-refractivity contribution in [2.24, 2.45) is 0 Å². The minimum absolute atomic E-state index is 0.121. The number of benzene rings is 1. The van der Waals surface area contributed by atoms with Gasteiger partial charge in [-0.3, -0.25) is 4.98 Å². The second-order valence-corrected chi connectivity index (χ2v) is 6.59. The predicted molar refractivity (Wildman–Crippen MR) is 87.5 cm³/mol. The van der Waals surface area contributed by atoms with Crippen LogP contribution in [0, 0.1) is 0 Å². The number of anilines is 1. The van der Waals surface area contributed by atoms with Crippen molar-refractivity contribution in [3.05, 3.63) is 28.9 Å². The lowest BCUT2D eigenvalue weighted by atomic mass is 10.0. The molecular formula is C16H19BrN2O2. The molecule has 1 aliphatic rings. The summed E-state index contributed by atoms with van der Waals surface area (Å²) in [5.41, 5.74) is 7.55. The number of hydrogen-bond acceptors (Lipinski definition) is 4. The zero-order valence-corrected chi connectivity index (χ0v) is 13.8. The largest absolute Gasteiger partial charge is 0.487 e. The summed E-state index contributed by atoms with van der Waals surface area (Å²) in [6.45, 7) is 4.16. The van der Waals surface area contributed by atoms with E-state index in [-0.39, 0.29) is 18.3 Å². The van der Waals surface area contributed by atoms with Crippen LogP contribution >= 0.6 is 15.9 Å². The van der Waals surface area contributed by atoms with Gasteiger partial charge in [0.2, 0.25) is 0 Å². The summed E-state index contributed by atoms with van der Waals surface area (Å²) in [6.07, 6.45) is 3.95. The van der Waals surface area contributed by atoms with Crippen LogP contribution in [0.1, 0.15) is 26.7 Å². The van der Waals surface area contributed by atoms with E-state index >= 15 is 0 Å². The standard InChI is InChI=1S/C16H19BrN2O2/c1-9-5-12(6-10(2)20-9)21-16-13-7-11(17)3-4-15(13)19-8-14(16)18/h3-4,7-10,12H,5-6,18H2,1-2H3. The van der Waals surface area contributed by atoms with Gasteiger partial charge >= 0.3 is 0 Å². The molecule has 21 heavy (non-hydrogen) atoms. The van der Waals surface area contributed by atoms with E-state index in [9.17, 15) is 0 Å². The molecule has 2 N–H and O–H groups in total. The van der Waals surface area contributed by atoms with Crippen molar-refractivity contribution in [1.82, 2.24) is 4.98 Å². The van der Waals surface area contributed by atoms with Crippen molar-refractivity contribution in [3.63, 3.8) is 0 Å². The first-order valence-corrected chi connectivity index (χ1v) is 7.98. The fourth-order valence-corrected chi connectivity index (χ4v) is 3.26. The first kappa shape index (κ1) is 14.6. The fraction of sp³-hybridized carbons (Fsp3) is 0.438. The van der Waals surface area contributed by atoms with E-state index < -0.39 is 0 Å². The van der Waals surface area contributed by atoms with Gasteiger partial charge in [0.1, 0.15) is 6.10 Å². The van der Waals surface area contributed by atoms with E-state index in [1.165, 1.54) is 0 Å². The molecule has 2 atom stereocenters. The summed E-state index contributed by atoms with van der Waals surface area (Å²) >= 11 is 3.49. The lowest BCUT2D eigenvalue weighted by Crippen LogP contribution is -2.35. The van der Waals surface area contributed by atoms with Crippen LogP contribution in [0.3, 0.4) is 0 Å². The van der Waals surface area contributed by atoms with Gasteiger partial charge in [0.05, 0.1) is 29.6 Å². The van der Waals surface area contributed by atoms with Gasteiger partial charge in [0.15, 0.2) is 5.75 Å². The highest BCUT2D eigenvalue weighted by molar-refractivity contribution is 9.10. The van der Waals surface area contributed by atoms with E-state index in [4.69, 9.17) is 15.2 Å². The summed E-state index contributed by atoms with van der Waals surface area (Å²) in [4.78, 5) is 4.35. The number of ether oxygens (including phenoxy) is 2. The van der Waals surface area contributed by atoms with Crippen molar-refractivity contribution in [2.45, 2.75) is 45.0 Å². The molecule has 0 spiro atoms. The Balaban J connectivity index is 1.96. The Kier molecular flexibility index (Phi) is 4.04. The molecule has 0 aliphatic carbocycles. The maximum atomic E-state index is 6.23. The average molecular weight is 351 g/mol. The summed E-state index contributed by atoms with van der Waals surface area (Å²) in [7, 11) is 0. The van der Waals surface area contributed by atoms with Gasteiger partial charge in [0, 0.05) is 22.7 Å². The van der Waals surface area contributed by atoms with Gasteiger partial charge in [-0.2, -0.15) is 0 Å². The summed E-state index contributed by atoms with van der Waals surface area (Å²) in [5, 5.41) is 0.941. The molecule has 1 aliphatic heterocycles. The van der Waals surface area contributed by atoms with Crippen LogP contribution in [0.4, 0.5) is 5.69 Å².